The van der Waals surface area contributed by atoms with Gasteiger partial charge in [-0.05, 0) is 68.0 Å². The van der Waals surface area contributed by atoms with Gasteiger partial charge in [-0.2, -0.15) is 18.3 Å². The van der Waals surface area contributed by atoms with Gasteiger partial charge in [-0.3, -0.25) is 4.68 Å². The van der Waals surface area contributed by atoms with Gasteiger partial charge < -0.3 is 5.11 Å². The minimum absolute atomic E-state index is 0.120. The summed E-state index contributed by atoms with van der Waals surface area (Å²) in [6, 6.07) is 15.4. The molecule has 1 N–H and O–H groups in total. The van der Waals surface area contributed by atoms with Crippen LogP contribution in [0.2, 0.25) is 0 Å². The zero-order valence-corrected chi connectivity index (χ0v) is 19.5. The number of halogens is 4. The molecule has 180 valence electrons. The Balaban J connectivity index is 1.51. The highest BCUT2D eigenvalue weighted by Gasteiger charge is 2.48. The van der Waals surface area contributed by atoms with Gasteiger partial charge in [0.1, 0.15) is 5.69 Å². The Labute approximate surface area is 196 Å². The molecule has 0 atom stereocenters. The molecule has 1 aliphatic carbocycles. The van der Waals surface area contributed by atoms with E-state index in [-0.39, 0.29) is 23.3 Å². The minimum Gasteiger partial charge on any atom is -0.395 e. The summed E-state index contributed by atoms with van der Waals surface area (Å²) in [6.45, 7) is 4.69. The first kappa shape index (κ1) is 24.2. The van der Waals surface area contributed by atoms with Gasteiger partial charge in [-0.25, -0.2) is 4.39 Å². The normalized spacial score (nSPS) is 16.1. The maximum atomic E-state index is 14.9. The second-order valence-corrected chi connectivity index (χ2v) is 9.70. The van der Waals surface area contributed by atoms with E-state index in [1.165, 1.54) is 30.3 Å². The maximum absolute atomic E-state index is 14.9. The van der Waals surface area contributed by atoms with Crippen molar-refractivity contribution in [1.29, 1.82) is 0 Å². The van der Waals surface area contributed by atoms with E-state index < -0.39 is 17.4 Å². The SMILES string of the molecule is Cc1cc(C(F)=Cc2ccc(C(C)(C)C(F)(F)F)cc2)nn1Cc1cccc(C2(CO)CC2)c1. The molecule has 3 aromatic rings. The van der Waals surface area contributed by atoms with Crippen LogP contribution in [-0.2, 0) is 17.4 Å². The first-order chi connectivity index (χ1) is 15.9. The fourth-order valence-electron chi connectivity index (χ4n) is 4.03. The smallest absolute Gasteiger partial charge is 0.395 e. The Morgan fingerprint density at radius 3 is 2.35 bits per heavy atom. The standard InChI is InChI=1S/C27H28F4N2O/c1-18-13-24(23(28)15-19-7-9-21(10-8-19)25(2,3)27(29,30)31)32-33(18)16-20-5-4-6-22(14-20)26(17-34)11-12-26/h4-10,13-15,34H,11-12,16-17H2,1-3H3. The molecule has 0 spiro atoms. The average molecular weight is 473 g/mol. The summed E-state index contributed by atoms with van der Waals surface area (Å²) in [5.41, 5.74) is 1.55. The minimum atomic E-state index is -4.38. The summed E-state index contributed by atoms with van der Waals surface area (Å²) in [5, 5.41) is 14.1. The van der Waals surface area contributed by atoms with E-state index >= 15 is 0 Å². The number of aromatic nitrogens is 2. The Bertz CT molecular complexity index is 1200. The number of aliphatic hydroxyl groups is 1. The highest BCUT2D eigenvalue weighted by molar-refractivity contribution is 5.75. The van der Waals surface area contributed by atoms with E-state index in [1.807, 2.05) is 25.1 Å². The second kappa shape index (κ2) is 8.69. The topological polar surface area (TPSA) is 38.0 Å². The van der Waals surface area contributed by atoms with Gasteiger partial charge in [0.15, 0.2) is 5.83 Å². The van der Waals surface area contributed by atoms with Crippen molar-refractivity contribution in [3.63, 3.8) is 0 Å². The van der Waals surface area contributed by atoms with Gasteiger partial charge >= 0.3 is 6.18 Å². The highest BCUT2D eigenvalue weighted by atomic mass is 19.4. The fraction of sp³-hybridized carbons (Fsp3) is 0.370. The first-order valence-corrected chi connectivity index (χ1v) is 11.2. The van der Waals surface area contributed by atoms with Gasteiger partial charge in [0.25, 0.3) is 0 Å². The number of benzene rings is 2. The molecular formula is C27H28F4N2O. The van der Waals surface area contributed by atoms with Crippen molar-refractivity contribution in [2.24, 2.45) is 0 Å². The number of alkyl halides is 3. The maximum Gasteiger partial charge on any atom is 0.397 e. The average Bonchev–Trinajstić information content (AvgIpc) is 3.51. The van der Waals surface area contributed by atoms with E-state index in [9.17, 15) is 22.7 Å². The van der Waals surface area contributed by atoms with Crippen molar-refractivity contribution in [1.82, 2.24) is 9.78 Å². The number of aliphatic hydroxyl groups excluding tert-OH is 1. The molecule has 0 unspecified atom stereocenters. The molecule has 7 heteroatoms. The van der Waals surface area contributed by atoms with Crippen LogP contribution in [0.5, 0.6) is 0 Å². The Hall–Kier alpha value is -2.93. The fourth-order valence-corrected chi connectivity index (χ4v) is 4.03. The lowest BCUT2D eigenvalue weighted by molar-refractivity contribution is -0.180. The van der Waals surface area contributed by atoms with Gasteiger partial charge in [0.05, 0.1) is 18.6 Å². The lowest BCUT2D eigenvalue weighted by atomic mass is 9.83. The number of rotatable bonds is 7. The summed E-state index contributed by atoms with van der Waals surface area (Å²) in [4.78, 5) is 0. The van der Waals surface area contributed by atoms with Gasteiger partial charge in [0.2, 0.25) is 0 Å². The Morgan fingerprint density at radius 1 is 1.09 bits per heavy atom. The third kappa shape index (κ3) is 4.67. The molecule has 0 amide bonds. The van der Waals surface area contributed by atoms with Crippen LogP contribution in [0.15, 0.2) is 54.6 Å². The van der Waals surface area contributed by atoms with Crippen molar-refractivity contribution < 1.29 is 22.7 Å². The largest absolute Gasteiger partial charge is 0.397 e. The van der Waals surface area contributed by atoms with Crippen LogP contribution in [0.25, 0.3) is 11.9 Å². The Kier molecular flexibility index (Phi) is 6.19. The third-order valence-corrected chi connectivity index (χ3v) is 6.89. The second-order valence-electron chi connectivity index (χ2n) is 9.70. The molecule has 3 nitrogen and oxygen atoms in total. The van der Waals surface area contributed by atoms with Crippen molar-refractivity contribution in [3.05, 3.63) is 88.2 Å². The summed E-state index contributed by atoms with van der Waals surface area (Å²) in [5.74, 6) is -0.560. The number of hydrogen-bond donors (Lipinski definition) is 1. The zero-order chi connectivity index (χ0) is 24.7. The molecule has 1 saturated carbocycles. The molecule has 4 rings (SSSR count). The molecule has 2 aromatic carbocycles. The quantitative estimate of drug-likeness (QED) is 0.395. The van der Waals surface area contributed by atoms with Gasteiger partial charge in [-0.1, -0.05) is 48.5 Å². The molecule has 0 bridgehead atoms. The summed E-state index contributed by atoms with van der Waals surface area (Å²) < 4.78 is 56.4. The first-order valence-electron chi connectivity index (χ1n) is 11.2. The molecule has 34 heavy (non-hydrogen) atoms. The van der Waals surface area contributed by atoms with Crippen LogP contribution in [0, 0.1) is 6.92 Å². The summed E-state index contributed by atoms with van der Waals surface area (Å²) >= 11 is 0. The number of nitrogens with zero attached hydrogens (tertiary/aromatic N) is 2. The van der Waals surface area contributed by atoms with Crippen LogP contribution in [0.1, 0.15) is 60.3 Å². The highest BCUT2D eigenvalue weighted by Crippen LogP contribution is 2.47. The molecule has 1 heterocycles. The molecule has 0 saturated heterocycles. The molecular weight excluding hydrogens is 444 g/mol. The summed E-state index contributed by atoms with van der Waals surface area (Å²) in [6.07, 6.45) is -1.16. The van der Waals surface area contributed by atoms with E-state index in [0.29, 0.717) is 12.1 Å². The van der Waals surface area contributed by atoms with Crippen molar-refractivity contribution in [2.75, 3.05) is 6.61 Å². The lowest BCUT2D eigenvalue weighted by Gasteiger charge is -2.28. The molecule has 1 aromatic heterocycles. The number of hydrogen-bond acceptors (Lipinski definition) is 2. The van der Waals surface area contributed by atoms with Crippen molar-refractivity contribution in [2.45, 2.75) is 57.2 Å². The van der Waals surface area contributed by atoms with E-state index in [0.717, 1.165) is 43.5 Å². The van der Waals surface area contributed by atoms with E-state index in [4.69, 9.17) is 0 Å². The number of aryl methyl sites for hydroxylation is 1. The molecule has 1 aliphatic rings. The molecule has 1 fully saturated rings. The van der Waals surface area contributed by atoms with Gasteiger partial charge in [-0.15, -0.1) is 0 Å². The van der Waals surface area contributed by atoms with Crippen LogP contribution >= 0.6 is 0 Å². The van der Waals surface area contributed by atoms with Crippen LogP contribution < -0.4 is 0 Å². The van der Waals surface area contributed by atoms with Crippen LogP contribution in [-0.4, -0.2) is 27.7 Å². The Morgan fingerprint density at radius 2 is 1.76 bits per heavy atom. The van der Waals surface area contributed by atoms with Gasteiger partial charge in [0, 0.05) is 11.1 Å². The predicted octanol–water partition coefficient (Wildman–Crippen LogP) is 6.57. The van der Waals surface area contributed by atoms with Crippen LogP contribution in [0.4, 0.5) is 17.6 Å². The van der Waals surface area contributed by atoms with E-state index in [1.54, 1.807) is 10.7 Å². The zero-order valence-electron chi connectivity index (χ0n) is 19.5. The van der Waals surface area contributed by atoms with Crippen LogP contribution in [0.3, 0.4) is 0 Å². The van der Waals surface area contributed by atoms with E-state index in [2.05, 4.69) is 11.2 Å². The summed E-state index contributed by atoms with van der Waals surface area (Å²) in [7, 11) is 0. The lowest BCUT2D eigenvalue weighted by Crippen LogP contribution is -2.36. The molecule has 0 radical (unpaired) electrons. The predicted molar refractivity (Wildman–Crippen MR) is 125 cm³/mol. The monoisotopic (exact) mass is 472 g/mol. The van der Waals surface area contributed by atoms with Crippen molar-refractivity contribution >= 4 is 11.9 Å². The molecule has 0 aliphatic heterocycles. The third-order valence-electron chi connectivity index (χ3n) is 6.89. The van der Waals surface area contributed by atoms with Crippen molar-refractivity contribution in [3.8, 4) is 0 Å².